The van der Waals surface area contributed by atoms with Crippen LogP contribution in [0.15, 0.2) is 24.3 Å². The van der Waals surface area contributed by atoms with Crippen LogP contribution in [-0.2, 0) is 0 Å². The Labute approximate surface area is 58.0 Å². The van der Waals surface area contributed by atoms with Crippen molar-refractivity contribution in [1.82, 2.24) is 0 Å². The van der Waals surface area contributed by atoms with E-state index in [-0.39, 0.29) is 0 Å². The van der Waals surface area contributed by atoms with Crippen molar-refractivity contribution in [2.24, 2.45) is 0 Å². The summed E-state index contributed by atoms with van der Waals surface area (Å²) in [4.78, 5) is 0. The van der Waals surface area contributed by atoms with Crippen molar-refractivity contribution >= 4 is 23.2 Å². The van der Waals surface area contributed by atoms with Crippen molar-refractivity contribution in [2.45, 2.75) is 0 Å². The molecular weight excluding hydrogens is 142 g/mol. The minimum atomic E-state index is 0.606. The Bertz CT molecular complexity index is 163. The Morgan fingerprint density at radius 2 is 1.25 bits per heavy atom. The third-order valence-corrected chi connectivity index (χ3v) is 1.58. The van der Waals surface area contributed by atoms with Crippen molar-refractivity contribution < 1.29 is 0 Å². The van der Waals surface area contributed by atoms with E-state index in [1.54, 1.807) is 12.1 Å². The summed E-state index contributed by atoms with van der Waals surface area (Å²) >= 11 is 11.2. The van der Waals surface area contributed by atoms with Gasteiger partial charge >= 0.3 is 0 Å². The lowest BCUT2D eigenvalue weighted by Crippen LogP contribution is -1.62. The minimum Gasteiger partial charge on any atom is -0.0827 e. The molecule has 0 saturated carbocycles. The normalized spacial score (nSPS) is 9.25. The van der Waals surface area contributed by atoms with Gasteiger partial charge < -0.3 is 0 Å². The van der Waals surface area contributed by atoms with Gasteiger partial charge in [0.2, 0.25) is 0 Å². The first-order chi connectivity index (χ1) is 3.80. The van der Waals surface area contributed by atoms with Gasteiger partial charge in [-0.2, -0.15) is 0 Å². The van der Waals surface area contributed by atoms with E-state index in [9.17, 15) is 0 Å². The summed E-state index contributed by atoms with van der Waals surface area (Å²) in [6, 6.07) is 7.19. The highest BCUT2D eigenvalue weighted by atomic mass is 35.5. The van der Waals surface area contributed by atoms with Crippen molar-refractivity contribution in [3.05, 3.63) is 34.3 Å². The third-order valence-electron chi connectivity index (χ3n) is 0.824. The standard InChI is InChI=1S/C6H4Cl2/c7-5-3-1-2-4-6(5)8/h1-4H/i7+0. The summed E-state index contributed by atoms with van der Waals surface area (Å²) in [6.07, 6.45) is 0. The second-order valence-electron chi connectivity index (χ2n) is 1.41. The van der Waals surface area contributed by atoms with Gasteiger partial charge in [0.15, 0.2) is 0 Å². The summed E-state index contributed by atoms with van der Waals surface area (Å²) in [5.41, 5.74) is 0. The topological polar surface area (TPSA) is 0 Å². The predicted molar refractivity (Wildman–Crippen MR) is 36.5 cm³/mol. The molecule has 0 aromatic heterocycles. The Kier molecular flexibility index (Phi) is 1.77. The number of halogens is 2. The fourth-order valence-electron chi connectivity index (χ4n) is 0.439. The maximum Gasteiger partial charge on any atom is 0.0592 e. The summed E-state index contributed by atoms with van der Waals surface area (Å²) in [5, 5.41) is 1.21. The minimum absolute atomic E-state index is 0.606. The van der Waals surface area contributed by atoms with Crippen molar-refractivity contribution in [3.8, 4) is 0 Å². The number of benzene rings is 1. The predicted octanol–water partition coefficient (Wildman–Crippen LogP) is 2.99. The quantitative estimate of drug-likeness (QED) is 0.528. The molecule has 0 atom stereocenters. The van der Waals surface area contributed by atoms with Gasteiger partial charge in [0.25, 0.3) is 0 Å². The van der Waals surface area contributed by atoms with Crippen LogP contribution in [0.25, 0.3) is 0 Å². The maximum atomic E-state index is 5.58. The largest absolute Gasteiger partial charge is 0.0827 e. The first-order valence-electron chi connectivity index (χ1n) is 2.21. The van der Waals surface area contributed by atoms with Gasteiger partial charge in [-0.05, 0) is 12.1 Å². The SMILES string of the molecule is Clc1ccccc1[35Cl]. The molecule has 2 heteroatoms. The summed E-state index contributed by atoms with van der Waals surface area (Å²) in [7, 11) is 0. The molecule has 0 aliphatic rings. The lowest BCUT2D eigenvalue weighted by Gasteiger charge is -1.88. The molecule has 42 valence electrons. The van der Waals surface area contributed by atoms with E-state index in [1.807, 2.05) is 12.1 Å². The van der Waals surface area contributed by atoms with Crippen LogP contribution in [0.5, 0.6) is 0 Å². The van der Waals surface area contributed by atoms with Gasteiger partial charge in [-0.25, -0.2) is 0 Å². The second kappa shape index (κ2) is 2.38. The highest BCUT2D eigenvalue weighted by Crippen LogP contribution is 2.19. The highest BCUT2D eigenvalue weighted by molar-refractivity contribution is 6.41. The first-order valence-corrected chi connectivity index (χ1v) is 2.96. The van der Waals surface area contributed by atoms with Gasteiger partial charge in [0.1, 0.15) is 0 Å². The van der Waals surface area contributed by atoms with Crippen molar-refractivity contribution in [1.29, 1.82) is 0 Å². The van der Waals surface area contributed by atoms with Crippen LogP contribution in [0.1, 0.15) is 0 Å². The molecule has 8 heavy (non-hydrogen) atoms. The molecule has 0 unspecified atom stereocenters. The molecule has 0 N–H and O–H groups in total. The molecule has 1 aromatic rings. The average Bonchev–Trinajstić information content (AvgIpc) is 1.77. The lowest BCUT2D eigenvalue weighted by atomic mass is 10.4. The average molecular weight is 147 g/mol. The van der Waals surface area contributed by atoms with Crippen LogP contribution in [0.4, 0.5) is 0 Å². The van der Waals surface area contributed by atoms with Gasteiger partial charge in [-0.15, -0.1) is 0 Å². The van der Waals surface area contributed by atoms with E-state index in [4.69, 9.17) is 23.2 Å². The van der Waals surface area contributed by atoms with Crippen LogP contribution in [-0.4, -0.2) is 0 Å². The fraction of sp³-hybridized carbons (Fsp3) is 0. The second-order valence-corrected chi connectivity index (χ2v) is 2.23. The fourth-order valence-corrected chi connectivity index (χ4v) is 0.711. The van der Waals surface area contributed by atoms with E-state index in [2.05, 4.69) is 0 Å². The van der Waals surface area contributed by atoms with Gasteiger partial charge in [0.05, 0.1) is 10.0 Å². The zero-order valence-corrected chi connectivity index (χ0v) is 5.58. The molecule has 0 saturated heterocycles. The molecule has 0 heterocycles. The molecule has 0 aliphatic heterocycles. The van der Waals surface area contributed by atoms with Crippen LogP contribution in [0, 0.1) is 0 Å². The molecule has 1 rings (SSSR count). The molecule has 0 radical (unpaired) electrons. The third kappa shape index (κ3) is 1.15. The Hall–Kier alpha value is -0.200. The van der Waals surface area contributed by atoms with E-state index < -0.39 is 0 Å². The smallest absolute Gasteiger partial charge is 0.0592 e. The number of hydrogen-bond donors (Lipinski definition) is 0. The maximum absolute atomic E-state index is 5.58. The van der Waals surface area contributed by atoms with Crippen molar-refractivity contribution in [3.63, 3.8) is 0 Å². The monoisotopic (exact) mass is 146 g/mol. The lowest BCUT2D eigenvalue weighted by molar-refractivity contribution is 1.71. The molecule has 1 aromatic carbocycles. The number of hydrogen-bond acceptors (Lipinski definition) is 0. The van der Waals surface area contributed by atoms with Crippen LogP contribution in [0.2, 0.25) is 10.0 Å². The van der Waals surface area contributed by atoms with E-state index in [1.165, 1.54) is 0 Å². The molecule has 0 nitrogen and oxygen atoms in total. The molecule has 0 amide bonds. The molecular formula is C6H4Cl2. The number of rotatable bonds is 0. The summed E-state index contributed by atoms with van der Waals surface area (Å²) < 4.78 is 0. The Balaban J connectivity index is 3.13. The Morgan fingerprint density at radius 1 is 0.875 bits per heavy atom. The Morgan fingerprint density at radius 3 is 1.50 bits per heavy atom. The molecule has 0 aliphatic carbocycles. The summed E-state index contributed by atoms with van der Waals surface area (Å²) in [6.45, 7) is 0. The first kappa shape index (κ1) is 5.93. The van der Waals surface area contributed by atoms with Crippen LogP contribution >= 0.6 is 23.2 Å². The molecule has 0 bridgehead atoms. The molecule has 0 spiro atoms. The van der Waals surface area contributed by atoms with E-state index >= 15 is 0 Å². The van der Waals surface area contributed by atoms with Crippen LogP contribution < -0.4 is 0 Å². The van der Waals surface area contributed by atoms with Gasteiger partial charge in [-0.1, -0.05) is 35.3 Å². The van der Waals surface area contributed by atoms with Crippen LogP contribution in [0.3, 0.4) is 0 Å². The summed E-state index contributed by atoms with van der Waals surface area (Å²) in [5.74, 6) is 0. The highest BCUT2D eigenvalue weighted by Gasteiger charge is 1.89. The zero-order chi connectivity index (χ0) is 5.98. The van der Waals surface area contributed by atoms with Crippen molar-refractivity contribution in [2.75, 3.05) is 0 Å². The van der Waals surface area contributed by atoms with E-state index in [0.717, 1.165) is 0 Å². The van der Waals surface area contributed by atoms with Gasteiger partial charge in [0, 0.05) is 0 Å². The van der Waals surface area contributed by atoms with E-state index in [0.29, 0.717) is 10.0 Å². The molecule has 0 fully saturated rings. The van der Waals surface area contributed by atoms with Gasteiger partial charge in [-0.3, -0.25) is 0 Å². The zero-order valence-electron chi connectivity index (χ0n) is 4.07.